The van der Waals surface area contributed by atoms with E-state index in [-0.39, 0.29) is 17.5 Å². The lowest BCUT2D eigenvalue weighted by Crippen LogP contribution is -2.70. The maximum absolute atomic E-state index is 14.0. The number of nitrogens with one attached hydrogen (secondary N) is 1. The Balaban J connectivity index is 1.39. The molecule has 1 fully saturated rings. The summed E-state index contributed by atoms with van der Waals surface area (Å²) < 4.78 is 6.18. The second-order valence-electron chi connectivity index (χ2n) is 9.48. The average molecular weight is 584 g/mol. The minimum absolute atomic E-state index is 0.123. The number of fused-ring (bicyclic) bond motifs is 2. The summed E-state index contributed by atoms with van der Waals surface area (Å²) in [4.78, 5) is 50.2. The number of hydrogen-bond donors (Lipinski definition) is 2. The lowest BCUT2D eigenvalue weighted by atomic mass is 10.0. The molecular formula is C30H25N5O4S2. The number of β-lactam (4-membered cyclic amide) rings is 1. The predicted molar refractivity (Wildman–Crippen MR) is 158 cm³/mol. The number of nitrogens with two attached hydrogens (primary N) is 1. The van der Waals surface area contributed by atoms with Gasteiger partial charge in [0.15, 0.2) is 11.3 Å². The van der Waals surface area contributed by atoms with Crippen LogP contribution in [0.1, 0.15) is 24.2 Å². The van der Waals surface area contributed by atoms with Crippen LogP contribution in [0.3, 0.4) is 0 Å². The molecule has 2 atom stereocenters. The zero-order valence-corrected chi connectivity index (χ0v) is 23.5. The lowest BCUT2D eigenvalue weighted by Gasteiger charge is -2.49. The van der Waals surface area contributed by atoms with Gasteiger partial charge in [-0.1, -0.05) is 84.6 Å². The second-order valence-corrected chi connectivity index (χ2v) is 11.6. The average Bonchev–Trinajstić information content (AvgIpc) is 2.99. The number of rotatable bonds is 7. The molecule has 3 aromatic carbocycles. The SMILES string of the molecule is CC(=O)NC1C(=O)N2C(C(=O)OC(c3ccccc3)c3ccccc3)=C(Sc3nc(N)c4ccccc4n3)CS[C@H]12. The van der Waals surface area contributed by atoms with Gasteiger partial charge in [0.1, 0.15) is 22.9 Å². The predicted octanol–water partition coefficient (Wildman–Crippen LogP) is 4.27. The van der Waals surface area contributed by atoms with Gasteiger partial charge in [0.05, 0.1) is 5.52 Å². The van der Waals surface area contributed by atoms with Gasteiger partial charge in [-0.2, -0.15) is 0 Å². The smallest absolute Gasteiger partial charge is 0.356 e. The number of aromatic nitrogens is 2. The Bertz CT molecular complexity index is 1640. The van der Waals surface area contributed by atoms with Crippen LogP contribution < -0.4 is 11.1 Å². The maximum Gasteiger partial charge on any atom is 0.356 e. The van der Waals surface area contributed by atoms with Gasteiger partial charge in [0.25, 0.3) is 5.91 Å². The lowest BCUT2D eigenvalue weighted by molar-refractivity contribution is -0.154. The maximum atomic E-state index is 14.0. The van der Waals surface area contributed by atoms with Gasteiger partial charge in [-0.15, -0.1) is 11.8 Å². The molecule has 11 heteroatoms. The highest BCUT2D eigenvalue weighted by molar-refractivity contribution is 8.06. The number of anilines is 1. The Kier molecular flexibility index (Phi) is 7.38. The summed E-state index contributed by atoms with van der Waals surface area (Å²) in [5, 5.41) is 3.35. The molecule has 2 aliphatic heterocycles. The summed E-state index contributed by atoms with van der Waals surface area (Å²) in [5.74, 6) is -0.638. The van der Waals surface area contributed by atoms with E-state index in [1.54, 1.807) is 0 Å². The summed E-state index contributed by atoms with van der Waals surface area (Å²) in [6.45, 7) is 1.36. The van der Waals surface area contributed by atoms with Crippen molar-refractivity contribution in [2.75, 3.05) is 11.5 Å². The van der Waals surface area contributed by atoms with Crippen molar-refractivity contribution in [2.45, 2.75) is 29.6 Å². The third kappa shape index (κ3) is 5.25. The molecule has 0 radical (unpaired) electrons. The molecular weight excluding hydrogens is 558 g/mol. The van der Waals surface area contributed by atoms with Crippen LogP contribution in [0.25, 0.3) is 10.9 Å². The Morgan fingerprint density at radius 1 is 1.00 bits per heavy atom. The van der Waals surface area contributed by atoms with Crippen LogP contribution in [0.4, 0.5) is 5.82 Å². The Hall–Kier alpha value is -4.35. The van der Waals surface area contributed by atoms with E-state index in [2.05, 4.69) is 15.3 Å². The molecule has 1 unspecified atom stereocenters. The molecule has 1 saturated heterocycles. The molecule has 206 valence electrons. The van der Waals surface area contributed by atoms with Gasteiger partial charge in [0, 0.05) is 23.0 Å². The van der Waals surface area contributed by atoms with Crippen LogP contribution >= 0.6 is 23.5 Å². The normalized spacial score (nSPS) is 18.2. The number of hydrogen-bond acceptors (Lipinski definition) is 9. The minimum atomic E-state index is -0.724. The zero-order chi connectivity index (χ0) is 28.5. The first-order chi connectivity index (χ1) is 19.9. The number of nitrogen functional groups attached to an aromatic ring is 1. The van der Waals surface area contributed by atoms with Gasteiger partial charge in [-0.05, 0) is 23.3 Å². The van der Waals surface area contributed by atoms with Gasteiger partial charge < -0.3 is 15.8 Å². The molecule has 2 aliphatic rings. The summed E-state index contributed by atoms with van der Waals surface area (Å²) in [6, 6.07) is 25.6. The van der Waals surface area contributed by atoms with Crippen LogP contribution in [0.2, 0.25) is 0 Å². The van der Waals surface area contributed by atoms with E-state index >= 15 is 0 Å². The highest BCUT2D eigenvalue weighted by atomic mass is 32.2. The highest BCUT2D eigenvalue weighted by Crippen LogP contribution is 2.46. The number of carbonyl (C=O) groups excluding carboxylic acids is 3. The fourth-order valence-electron chi connectivity index (χ4n) is 4.86. The quantitative estimate of drug-likeness (QED) is 0.186. The Morgan fingerprint density at radius 2 is 1.63 bits per heavy atom. The zero-order valence-electron chi connectivity index (χ0n) is 21.9. The molecule has 0 spiro atoms. The Morgan fingerprint density at radius 3 is 2.29 bits per heavy atom. The van der Waals surface area contributed by atoms with E-state index in [4.69, 9.17) is 10.5 Å². The number of esters is 1. The van der Waals surface area contributed by atoms with Crippen molar-refractivity contribution in [3.63, 3.8) is 0 Å². The topological polar surface area (TPSA) is 128 Å². The number of ether oxygens (including phenoxy) is 1. The largest absolute Gasteiger partial charge is 0.448 e. The van der Waals surface area contributed by atoms with Crippen molar-refractivity contribution < 1.29 is 19.1 Å². The van der Waals surface area contributed by atoms with E-state index in [9.17, 15) is 14.4 Å². The van der Waals surface area contributed by atoms with Crippen LogP contribution in [0.5, 0.6) is 0 Å². The van der Waals surface area contributed by atoms with Gasteiger partial charge >= 0.3 is 5.97 Å². The number of amides is 2. The van der Waals surface area contributed by atoms with Gasteiger partial charge in [0.2, 0.25) is 5.91 Å². The molecule has 2 amide bonds. The van der Waals surface area contributed by atoms with Crippen molar-refractivity contribution in [3.05, 3.63) is 107 Å². The fourth-order valence-corrected chi connectivity index (χ4v) is 7.28. The Labute approximate surface area is 244 Å². The molecule has 3 N–H and O–H groups in total. The van der Waals surface area contributed by atoms with Crippen molar-refractivity contribution in [1.82, 2.24) is 20.2 Å². The first kappa shape index (κ1) is 26.9. The number of carbonyl (C=O) groups is 3. The first-order valence-electron chi connectivity index (χ1n) is 12.9. The monoisotopic (exact) mass is 583 g/mol. The van der Waals surface area contributed by atoms with Crippen molar-refractivity contribution in [2.24, 2.45) is 0 Å². The number of thioether (sulfide) groups is 2. The van der Waals surface area contributed by atoms with Gasteiger partial charge in [-0.3, -0.25) is 14.5 Å². The second kappa shape index (κ2) is 11.3. The summed E-state index contributed by atoms with van der Waals surface area (Å²) in [6.07, 6.45) is -0.702. The van der Waals surface area contributed by atoms with E-state index in [0.717, 1.165) is 16.5 Å². The summed E-state index contributed by atoms with van der Waals surface area (Å²) in [5.41, 5.74) is 8.60. The third-order valence-corrected chi connectivity index (χ3v) is 9.15. The first-order valence-corrected chi connectivity index (χ1v) is 14.7. The van der Waals surface area contributed by atoms with Crippen LogP contribution in [-0.2, 0) is 19.1 Å². The van der Waals surface area contributed by atoms with Crippen molar-refractivity contribution in [3.8, 4) is 0 Å². The standard InChI is InChI=1S/C30H25N5O4S2/c1-17(36)32-23-27(37)35-24(29(38)39-25(18-10-4-2-5-11-18)19-12-6-3-7-13-19)22(16-40-28(23)35)41-30-33-21-15-9-8-14-20(21)26(31)34-30/h2-15,23,25,28H,16H2,1H3,(H,32,36)(H2,31,33,34)/t23?,28-/m1/s1. The van der Waals surface area contributed by atoms with Gasteiger partial charge in [-0.25, -0.2) is 14.8 Å². The fraction of sp³-hybridized carbons (Fsp3) is 0.167. The van der Waals surface area contributed by atoms with Crippen molar-refractivity contribution in [1.29, 1.82) is 0 Å². The van der Waals surface area contributed by atoms with E-state index in [1.807, 2.05) is 84.9 Å². The molecule has 0 bridgehead atoms. The van der Waals surface area contributed by atoms with E-state index in [0.29, 0.717) is 27.1 Å². The molecule has 41 heavy (non-hydrogen) atoms. The van der Waals surface area contributed by atoms with E-state index in [1.165, 1.54) is 35.3 Å². The van der Waals surface area contributed by atoms with Crippen LogP contribution in [0.15, 0.2) is 101 Å². The van der Waals surface area contributed by atoms with E-state index < -0.39 is 23.5 Å². The highest BCUT2D eigenvalue weighted by Gasteiger charge is 2.54. The number of para-hydroxylation sites is 1. The molecule has 4 aromatic rings. The molecule has 1 aromatic heterocycles. The summed E-state index contributed by atoms with van der Waals surface area (Å²) >= 11 is 2.63. The molecule has 0 aliphatic carbocycles. The van der Waals surface area contributed by atoms with Crippen LogP contribution in [0, 0.1) is 0 Å². The summed E-state index contributed by atoms with van der Waals surface area (Å²) in [7, 11) is 0. The molecule has 6 rings (SSSR count). The number of benzene rings is 3. The molecule has 9 nitrogen and oxygen atoms in total. The molecule has 3 heterocycles. The third-order valence-electron chi connectivity index (χ3n) is 6.74. The number of nitrogens with zero attached hydrogens (tertiary/aromatic N) is 3. The van der Waals surface area contributed by atoms with Crippen molar-refractivity contribution >= 4 is 58.0 Å². The minimum Gasteiger partial charge on any atom is -0.448 e. The molecule has 0 saturated carbocycles. The van der Waals surface area contributed by atoms with Crippen LogP contribution in [-0.4, -0.2) is 49.8 Å².